The van der Waals surface area contributed by atoms with Gasteiger partial charge in [0, 0.05) is 11.5 Å². The fourth-order valence-electron chi connectivity index (χ4n) is 2.06. The van der Waals surface area contributed by atoms with Crippen LogP contribution in [0.15, 0.2) is 39.9 Å². The minimum absolute atomic E-state index is 0.165. The van der Waals surface area contributed by atoms with Crippen molar-refractivity contribution in [3.8, 4) is 5.75 Å². The van der Waals surface area contributed by atoms with Gasteiger partial charge in [-0.2, -0.15) is 0 Å². The summed E-state index contributed by atoms with van der Waals surface area (Å²) >= 11 is 4.49. The standard InChI is InChI=1S/C15H11BrN2O3S/c1-8-11-13(17-7-18(2)14(11)19)22-12(8)15(20)21-10-5-3-9(16)4-6-10/h3-7H,1-2H3. The predicted octanol–water partition coefficient (Wildman–Crippen LogP) is 3.29. The topological polar surface area (TPSA) is 61.2 Å². The molecule has 22 heavy (non-hydrogen) atoms. The summed E-state index contributed by atoms with van der Waals surface area (Å²) in [5.41, 5.74) is 0.442. The lowest BCUT2D eigenvalue weighted by Crippen LogP contribution is -2.17. The number of ether oxygens (including phenoxy) is 1. The molecule has 0 aliphatic heterocycles. The Labute approximate surface area is 138 Å². The summed E-state index contributed by atoms with van der Waals surface area (Å²) in [5, 5.41) is 0.470. The molecule has 0 spiro atoms. The first-order valence-electron chi connectivity index (χ1n) is 6.40. The number of benzene rings is 1. The van der Waals surface area contributed by atoms with Crippen LogP contribution >= 0.6 is 27.3 Å². The molecule has 3 rings (SSSR count). The first-order chi connectivity index (χ1) is 10.5. The van der Waals surface area contributed by atoms with Crippen LogP contribution in [0.2, 0.25) is 0 Å². The second-order valence-electron chi connectivity index (χ2n) is 4.74. The first kappa shape index (κ1) is 14.9. The Kier molecular flexibility index (Phi) is 3.84. The zero-order valence-electron chi connectivity index (χ0n) is 11.8. The van der Waals surface area contributed by atoms with E-state index < -0.39 is 5.97 Å². The maximum Gasteiger partial charge on any atom is 0.354 e. The Hall–Kier alpha value is -1.99. The van der Waals surface area contributed by atoms with Crippen molar-refractivity contribution in [2.75, 3.05) is 0 Å². The van der Waals surface area contributed by atoms with Crippen LogP contribution in [0.4, 0.5) is 0 Å². The van der Waals surface area contributed by atoms with Crippen molar-refractivity contribution in [1.29, 1.82) is 0 Å². The number of thiophene rings is 1. The van der Waals surface area contributed by atoms with E-state index in [1.165, 1.54) is 22.2 Å². The third-order valence-electron chi connectivity index (χ3n) is 3.22. The maximum atomic E-state index is 12.3. The summed E-state index contributed by atoms with van der Waals surface area (Å²) in [6, 6.07) is 6.97. The van der Waals surface area contributed by atoms with E-state index in [2.05, 4.69) is 20.9 Å². The number of esters is 1. The molecule has 0 saturated heterocycles. The Morgan fingerprint density at radius 1 is 1.32 bits per heavy atom. The highest BCUT2D eigenvalue weighted by Crippen LogP contribution is 2.28. The van der Waals surface area contributed by atoms with Gasteiger partial charge in [0.05, 0.1) is 11.7 Å². The Balaban J connectivity index is 2.01. The number of hydrogen-bond acceptors (Lipinski definition) is 5. The number of aromatic nitrogens is 2. The van der Waals surface area contributed by atoms with E-state index in [0.29, 0.717) is 26.4 Å². The zero-order chi connectivity index (χ0) is 15.9. The summed E-state index contributed by atoms with van der Waals surface area (Å²) in [7, 11) is 1.63. The third-order valence-corrected chi connectivity index (χ3v) is 4.93. The molecule has 5 nitrogen and oxygen atoms in total. The third kappa shape index (κ3) is 2.57. The molecular weight excluding hydrogens is 368 g/mol. The highest BCUT2D eigenvalue weighted by Gasteiger charge is 2.20. The molecule has 0 fully saturated rings. The van der Waals surface area contributed by atoms with Gasteiger partial charge in [0.1, 0.15) is 15.5 Å². The molecule has 0 N–H and O–H groups in total. The second-order valence-corrected chi connectivity index (χ2v) is 6.66. The van der Waals surface area contributed by atoms with E-state index in [9.17, 15) is 9.59 Å². The van der Waals surface area contributed by atoms with Crippen molar-refractivity contribution < 1.29 is 9.53 Å². The molecule has 0 bridgehead atoms. The SMILES string of the molecule is Cc1c(C(=O)Oc2ccc(Br)cc2)sc2ncn(C)c(=O)c12. The number of carbonyl (C=O) groups excluding carboxylic acids is 1. The smallest absolute Gasteiger partial charge is 0.354 e. The molecule has 0 aliphatic carbocycles. The average Bonchev–Trinajstić information content (AvgIpc) is 2.83. The van der Waals surface area contributed by atoms with Gasteiger partial charge in [-0.3, -0.25) is 4.79 Å². The number of carbonyl (C=O) groups is 1. The number of hydrogen-bond donors (Lipinski definition) is 0. The number of halogens is 1. The van der Waals surface area contributed by atoms with Gasteiger partial charge in [0.25, 0.3) is 5.56 Å². The number of fused-ring (bicyclic) bond motifs is 1. The van der Waals surface area contributed by atoms with Gasteiger partial charge in [-0.25, -0.2) is 9.78 Å². The number of nitrogens with zero attached hydrogens (tertiary/aromatic N) is 2. The summed E-state index contributed by atoms with van der Waals surface area (Å²) < 4.78 is 7.65. The lowest BCUT2D eigenvalue weighted by atomic mass is 10.2. The molecule has 0 radical (unpaired) electrons. The zero-order valence-corrected chi connectivity index (χ0v) is 14.2. The Morgan fingerprint density at radius 3 is 2.68 bits per heavy atom. The molecule has 0 unspecified atom stereocenters. The largest absolute Gasteiger partial charge is 0.422 e. The normalized spacial score (nSPS) is 10.9. The van der Waals surface area contributed by atoms with Crippen molar-refractivity contribution in [3.63, 3.8) is 0 Å². The molecule has 1 aromatic carbocycles. The van der Waals surface area contributed by atoms with Crippen molar-refractivity contribution in [3.05, 3.63) is 55.9 Å². The van der Waals surface area contributed by atoms with Crippen LogP contribution in [0, 0.1) is 6.92 Å². The van der Waals surface area contributed by atoms with Crippen molar-refractivity contribution in [1.82, 2.24) is 9.55 Å². The molecule has 7 heteroatoms. The van der Waals surface area contributed by atoms with Crippen LogP contribution in [0.5, 0.6) is 5.75 Å². The molecule has 0 atom stereocenters. The van der Waals surface area contributed by atoms with E-state index in [-0.39, 0.29) is 5.56 Å². The number of rotatable bonds is 2. The molecule has 2 aromatic heterocycles. The highest BCUT2D eigenvalue weighted by atomic mass is 79.9. The molecule has 112 valence electrons. The Morgan fingerprint density at radius 2 is 2.00 bits per heavy atom. The van der Waals surface area contributed by atoms with E-state index in [4.69, 9.17) is 4.74 Å². The highest BCUT2D eigenvalue weighted by molar-refractivity contribution is 9.10. The van der Waals surface area contributed by atoms with Crippen LogP contribution in [0.1, 0.15) is 15.2 Å². The van der Waals surface area contributed by atoms with Gasteiger partial charge >= 0.3 is 5.97 Å². The second kappa shape index (κ2) is 5.66. The van der Waals surface area contributed by atoms with E-state index in [1.54, 1.807) is 38.2 Å². The summed E-state index contributed by atoms with van der Waals surface area (Å²) in [4.78, 5) is 29.6. The molecule has 0 amide bonds. The molecule has 3 aromatic rings. The van der Waals surface area contributed by atoms with E-state index >= 15 is 0 Å². The Bertz CT molecular complexity index is 928. The van der Waals surface area contributed by atoms with Gasteiger partial charge < -0.3 is 9.30 Å². The quantitative estimate of drug-likeness (QED) is 0.507. The van der Waals surface area contributed by atoms with Crippen molar-refractivity contribution in [2.45, 2.75) is 6.92 Å². The lowest BCUT2D eigenvalue weighted by Gasteiger charge is -2.03. The minimum atomic E-state index is -0.482. The lowest BCUT2D eigenvalue weighted by molar-refractivity contribution is 0.0739. The molecule has 2 heterocycles. The van der Waals surface area contributed by atoms with Crippen LogP contribution < -0.4 is 10.3 Å². The van der Waals surface area contributed by atoms with Crippen LogP contribution in [0.25, 0.3) is 10.2 Å². The van der Waals surface area contributed by atoms with Crippen molar-refractivity contribution in [2.24, 2.45) is 7.05 Å². The summed E-state index contributed by atoms with van der Waals surface area (Å²) in [6.45, 7) is 1.74. The van der Waals surface area contributed by atoms with Gasteiger partial charge in [0.15, 0.2) is 0 Å². The van der Waals surface area contributed by atoms with Gasteiger partial charge in [-0.15, -0.1) is 11.3 Å². The fraction of sp³-hybridized carbons (Fsp3) is 0.133. The fourth-order valence-corrected chi connectivity index (χ4v) is 3.34. The molecule has 0 saturated carbocycles. The van der Waals surface area contributed by atoms with Gasteiger partial charge in [0.2, 0.25) is 0 Å². The van der Waals surface area contributed by atoms with E-state index in [1.807, 2.05) is 0 Å². The number of aryl methyl sites for hydroxylation is 2. The van der Waals surface area contributed by atoms with Gasteiger partial charge in [-0.1, -0.05) is 15.9 Å². The minimum Gasteiger partial charge on any atom is -0.422 e. The summed E-state index contributed by atoms with van der Waals surface area (Å²) in [6.07, 6.45) is 1.45. The summed E-state index contributed by atoms with van der Waals surface area (Å²) in [5.74, 6) is -0.0317. The average molecular weight is 379 g/mol. The van der Waals surface area contributed by atoms with Crippen LogP contribution in [0.3, 0.4) is 0 Å². The van der Waals surface area contributed by atoms with Crippen LogP contribution in [-0.4, -0.2) is 15.5 Å². The monoisotopic (exact) mass is 378 g/mol. The first-order valence-corrected chi connectivity index (χ1v) is 8.01. The van der Waals surface area contributed by atoms with Gasteiger partial charge in [-0.05, 0) is 36.8 Å². The maximum absolute atomic E-state index is 12.3. The van der Waals surface area contributed by atoms with Crippen molar-refractivity contribution >= 4 is 43.5 Å². The molecule has 0 aliphatic rings. The molecular formula is C15H11BrN2O3S. The predicted molar refractivity (Wildman–Crippen MR) is 88.7 cm³/mol. The van der Waals surface area contributed by atoms with Crippen LogP contribution in [-0.2, 0) is 7.05 Å². The van der Waals surface area contributed by atoms with E-state index in [0.717, 1.165) is 4.47 Å².